The van der Waals surface area contributed by atoms with E-state index in [1.54, 1.807) is 42.7 Å². The number of ether oxygens (including phenoxy) is 3. The van der Waals surface area contributed by atoms with E-state index in [4.69, 9.17) is 25.8 Å². The van der Waals surface area contributed by atoms with E-state index in [1.807, 2.05) is 0 Å². The lowest BCUT2D eigenvalue weighted by Gasteiger charge is -2.11. The number of hydrogen-bond donors (Lipinski definition) is 1. The molecule has 134 valence electrons. The number of nitrogens with one attached hydrogen (secondary N) is 1. The Morgan fingerprint density at radius 2 is 1.81 bits per heavy atom. The summed E-state index contributed by atoms with van der Waals surface area (Å²) in [4.78, 5) is 16.8. The van der Waals surface area contributed by atoms with E-state index >= 15 is 0 Å². The molecular formula is C17H16ClN5O3. The summed E-state index contributed by atoms with van der Waals surface area (Å²) < 4.78 is 16.0. The molecule has 0 fully saturated rings. The number of hydrogen-bond acceptors (Lipinski definition) is 8. The lowest BCUT2D eigenvalue weighted by molar-refractivity contribution is 0.347. The largest absolute Gasteiger partial charge is 0.481 e. The Morgan fingerprint density at radius 1 is 1.04 bits per heavy atom. The van der Waals surface area contributed by atoms with Crippen molar-refractivity contribution in [2.75, 3.05) is 19.5 Å². The molecule has 0 aliphatic rings. The van der Waals surface area contributed by atoms with E-state index in [9.17, 15) is 0 Å². The molecule has 3 heterocycles. The van der Waals surface area contributed by atoms with Gasteiger partial charge in [-0.3, -0.25) is 4.98 Å². The molecule has 3 aromatic rings. The van der Waals surface area contributed by atoms with E-state index in [2.05, 4.69) is 25.3 Å². The summed E-state index contributed by atoms with van der Waals surface area (Å²) in [6, 6.07) is 8.72. The van der Waals surface area contributed by atoms with Gasteiger partial charge in [0.05, 0.1) is 31.9 Å². The molecule has 9 heteroatoms. The molecule has 0 aliphatic carbocycles. The van der Waals surface area contributed by atoms with Gasteiger partial charge in [-0.2, -0.15) is 9.97 Å². The van der Waals surface area contributed by atoms with Crippen molar-refractivity contribution < 1.29 is 14.2 Å². The van der Waals surface area contributed by atoms with Gasteiger partial charge in [0.2, 0.25) is 11.8 Å². The van der Waals surface area contributed by atoms with Gasteiger partial charge in [-0.15, -0.1) is 0 Å². The third kappa shape index (κ3) is 4.48. The van der Waals surface area contributed by atoms with E-state index in [0.717, 1.165) is 0 Å². The van der Waals surface area contributed by atoms with Gasteiger partial charge >= 0.3 is 6.01 Å². The topological polar surface area (TPSA) is 91.3 Å². The molecule has 3 rings (SSSR count). The molecule has 0 amide bonds. The maximum Gasteiger partial charge on any atom is 0.328 e. The van der Waals surface area contributed by atoms with E-state index in [0.29, 0.717) is 40.6 Å². The molecule has 3 aromatic heterocycles. The summed E-state index contributed by atoms with van der Waals surface area (Å²) in [6.07, 6.45) is 3.24. The third-order valence-electron chi connectivity index (χ3n) is 3.29. The van der Waals surface area contributed by atoms with Gasteiger partial charge in [0.25, 0.3) is 0 Å². The highest BCUT2D eigenvalue weighted by atomic mass is 35.5. The Morgan fingerprint density at radius 3 is 2.46 bits per heavy atom. The summed E-state index contributed by atoms with van der Waals surface area (Å²) in [5.74, 6) is 1.84. The fourth-order valence-corrected chi connectivity index (χ4v) is 2.15. The summed E-state index contributed by atoms with van der Waals surface area (Å²) in [5, 5.41) is 3.73. The van der Waals surface area contributed by atoms with Crippen LogP contribution in [0, 0.1) is 0 Å². The molecule has 0 saturated heterocycles. The number of nitrogens with zero attached hydrogens (tertiary/aromatic N) is 4. The van der Waals surface area contributed by atoms with Crippen LogP contribution >= 0.6 is 11.6 Å². The van der Waals surface area contributed by atoms with Crippen molar-refractivity contribution in [3.63, 3.8) is 0 Å². The van der Waals surface area contributed by atoms with Crippen LogP contribution in [0.15, 0.2) is 42.7 Å². The van der Waals surface area contributed by atoms with Gasteiger partial charge in [0.1, 0.15) is 11.5 Å². The van der Waals surface area contributed by atoms with Gasteiger partial charge in [0, 0.05) is 12.4 Å². The first-order chi connectivity index (χ1) is 12.7. The molecule has 0 bridgehead atoms. The fourth-order valence-electron chi connectivity index (χ4n) is 2.04. The molecule has 0 atom stereocenters. The Labute approximate surface area is 155 Å². The summed E-state index contributed by atoms with van der Waals surface area (Å²) in [6.45, 7) is 0.395. The van der Waals surface area contributed by atoms with Crippen LogP contribution in [0.3, 0.4) is 0 Å². The number of aromatic nitrogens is 4. The Kier molecular flexibility index (Phi) is 5.65. The second kappa shape index (κ2) is 8.30. The SMILES string of the molecule is COc1cc(OC)nc(Oc2cccnc2CNc2ccc(Cl)cn2)n1. The minimum atomic E-state index is 0.0973. The van der Waals surface area contributed by atoms with Crippen LogP contribution in [0.4, 0.5) is 5.82 Å². The molecule has 0 aliphatic heterocycles. The van der Waals surface area contributed by atoms with Crippen LogP contribution in [-0.4, -0.2) is 34.2 Å². The van der Waals surface area contributed by atoms with Crippen molar-refractivity contribution in [3.05, 3.63) is 53.4 Å². The second-order valence-electron chi connectivity index (χ2n) is 5.00. The highest BCUT2D eigenvalue weighted by Gasteiger charge is 2.11. The van der Waals surface area contributed by atoms with Crippen molar-refractivity contribution in [1.29, 1.82) is 0 Å². The average Bonchev–Trinajstić information content (AvgIpc) is 2.68. The van der Waals surface area contributed by atoms with E-state index in [1.165, 1.54) is 14.2 Å². The zero-order valence-electron chi connectivity index (χ0n) is 14.1. The van der Waals surface area contributed by atoms with Gasteiger partial charge in [0.15, 0.2) is 5.75 Å². The van der Waals surface area contributed by atoms with Crippen LogP contribution in [0.1, 0.15) is 5.69 Å². The van der Waals surface area contributed by atoms with Crippen molar-refractivity contribution in [2.24, 2.45) is 0 Å². The first kappa shape index (κ1) is 17.7. The predicted molar refractivity (Wildman–Crippen MR) is 96.0 cm³/mol. The Balaban J connectivity index is 1.77. The molecule has 0 aromatic carbocycles. The molecule has 0 spiro atoms. The molecule has 26 heavy (non-hydrogen) atoms. The van der Waals surface area contributed by atoms with E-state index < -0.39 is 0 Å². The van der Waals surface area contributed by atoms with Crippen molar-refractivity contribution >= 4 is 17.4 Å². The number of pyridine rings is 2. The van der Waals surface area contributed by atoms with E-state index in [-0.39, 0.29) is 6.01 Å². The monoisotopic (exact) mass is 373 g/mol. The minimum absolute atomic E-state index is 0.0973. The van der Waals surface area contributed by atoms with Crippen molar-refractivity contribution in [2.45, 2.75) is 6.54 Å². The quantitative estimate of drug-likeness (QED) is 0.674. The van der Waals surface area contributed by atoms with Gasteiger partial charge < -0.3 is 19.5 Å². The normalized spacial score (nSPS) is 10.3. The van der Waals surface area contributed by atoms with Crippen molar-refractivity contribution in [1.82, 2.24) is 19.9 Å². The molecule has 0 radical (unpaired) electrons. The highest BCUT2D eigenvalue weighted by Crippen LogP contribution is 2.25. The minimum Gasteiger partial charge on any atom is -0.481 e. The van der Waals surface area contributed by atoms with Crippen LogP contribution in [0.2, 0.25) is 5.02 Å². The summed E-state index contributed by atoms with van der Waals surface area (Å²) >= 11 is 5.84. The number of anilines is 1. The highest BCUT2D eigenvalue weighted by molar-refractivity contribution is 6.30. The first-order valence-electron chi connectivity index (χ1n) is 7.62. The summed E-state index contributed by atoms with van der Waals surface area (Å²) in [5.41, 5.74) is 0.662. The molecular weight excluding hydrogens is 358 g/mol. The second-order valence-corrected chi connectivity index (χ2v) is 5.44. The molecule has 8 nitrogen and oxygen atoms in total. The summed E-state index contributed by atoms with van der Waals surface area (Å²) in [7, 11) is 3.01. The predicted octanol–water partition coefficient (Wildman–Crippen LogP) is 3.34. The average molecular weight is 374 g/mol. The number of halogens is 1. The zero-order chi connectivity index (χ0) is 18.4. The van der Waals surface area contributed by atoms with Crippen LogP contribution in [0.25, 0.3) is 0 Å². The molecule has 0 saturated carbocycles. The first-order valence-corrected chi connectivity index (χ1v) is 8.00. The lowest BCUT2D eigenvalue weighted by atomic mass is 10.3. The molecule has 0 unspecified atom stereocenters. The Bertz CT molecular complexity index is 854. The lowest BCUT2D eigenvalue weighted by Crippen LogP contribution is -2.05. The zero-order valence-corrected chi connectivity index (χ0v) is 14.9. The molecule has 1 N–H and O–H groups in total. The fraction of sp³-hybridized carbons (Fsp3) is 0.176. The maximum absolute atomic E-state index is 5.84. The van der Waals surface area contributed by atoms with Gasteiger partial charge in [-0.25, -0.2) is 4.98 Å². The standard InChI is InChI=1S/C17H16ClN5O3/c1-24-15-8-16(25-2)23-17(22-15)26-13-4-3-7-19-12(13)10-21-14-6-5-11(18)9-20-14/h3-9H,10H2,1-2H3,(H,20,21). The van der Waals surface area contributed by atoms with Crippen LogP contribution < -0.4 is 19.5 Å². The maximum atomic E-state index is 5.84. The number of methoxy groups -OCH3 is 2. The van der Waals surface area contributed by atoms with Crippen LogP contribution in [-0.2, 0) is 6.54 Å². The number of rotatable bonds is 7. The van der Waals surface area contributed by atoms with Gasteiger partial charge in [-0.05, 0) is 24.3 Å². The van der Waals surface area contributed by atoms with Crippen molar-refractivity contribution in [3.8, 4) is 23.5 Å². The van der Waals surface area contributed by atoms with Crippen LogP contribution in [0.5, 0.6) is 23.5 Å². The smallest absolute Gasteiger partial charge is 0.328 e. The Hall–Kier alpha value is -3.13. The third-order valence-corrected chi connectivity index (χ3v) is 3.51. The van der Waals surface area contributed by atoms with Gasteiger partial charge in [-0.1, -0.05) is 11.6 Å².